The van der Waals surface area contributed by atoms with Crippen LogP contribution in [-0.2, 0) is 14.8 Å². The summed E-state index contributed by atoms with van der Waals surface area (Å²) in [5, 5.41) is 3.33. The predicted molar refractivity (Wildman–Crippen MR) is 107 cm³/mol. The van der Waals surface area contributed by atoms with Gasteiger partial charge in [-0.25, -0.2) is 8.42 Å². The van der Waals surface area contributed by atoms with Crippen molar-refractivity contribution in [2.45, 2.75) is 51.5 Å². The van der Waals surface area contributed by atoms with Crippen LogP contribution in [0, 0.1) is 0 Å². The van der Waals surface area contributed by atoms with E-state index in [1.54, 1.807) is 31.2 Å². The van der Waals surface area contributed by atoms with E-state index in [2.05, 4.69) is 11.4 Å². The molecule has 1 aliphatic carbocycles. The molecule has 5 nitrogen and oxygen atoms in total. The van der Waals surface area contributed by atoms with Crippen LogP contribution < -0.4 is 9.62 Å². The Kier molecular flexibility index (Phi) is 7.53. The Bertz CT molecular complexity index is 762. The van der Waals surface area contributed by atoms with E-state index in [1.807, 2.05) is 0 Å². The summed E-state index contributed by atoms with van der Waals surface area (Å²) in [5.74, 6) is -0.283. The maximum absolute atomic E-state index is 12.7. The molecule has 26 heavy (non-hydrogen) atoms. The molecule has 0 saturated carbocycles. The van der Waals surface area contributed by atoms with Crippen LogP contribution in [-0.4, -0.2) is 33.2 Å². The number of carbonyl (C=O) groups is 1. The minimum Gasteiger partial charge on any atom is -0.354 e. The topological polar surface area (TPSA) is 66.5 Å². The Morgan fingerprint density at radius 2 is 2.12 bits per heavy atom. The molecule has 7 heteroatoms. The van der Waals surface area contributed by atoms with Crippen molar-refractivity contribution in [3.05, 3.63) is 40.9 Å². The highest BCUT2D eigenvalue weighted by Gasteiger charge is 2.31. The Morgan fingerprint density at radius 3 is 2.69 bits per heavy atom. The van der Waals surface area contributed by atoms with Crippen LogP contribution in [0.4, 0.5) is 5.69 Å². The number of halogens is 1. The lowest BCUT2D eigenvalue weighted by Crippen LogP contribution is -2.49. The molecule has 1 atom stereocenters. The van der Waals surface area contributed by atoms with E-state index < -0.39 is 16.1 Å². The van der Waals surface area contributed by atoms with E-state index in [1.165, 1.54) is 18.4 Å². The highest BCUT2D eigenvalue weighted by Crippen LogP contribution is 2.25. The quantitative estimate of drug-likeness (QED) is 0.675. The third-order valence-electron chi connectivity index (χ3n) is 4.52. The van der Waals surface area contributed by atoms with E-state index in [9.17, 15) is 13.2 Å². The Balaban J connectivity index is 2.11. The lowest BCUT2D eigenvalue weighted by molar-refractivity contribution is -0.122. The van der Waals surface area contributed by atoms with Crippen LogP contribution in [0.2, 0.25) is 5.02 Å². The van der Waals surface area contributed by atoms with E-state index in [-0.39, 0.29) is 5.91 Å². The van der Waals surface area contributed by atoms with Gasteiger partial charge in [0, 0.05) is 11.6 Å². The van der Waals surface area contributed by atoms with Gasteiger partial charge in [0.2, 0.25) is 15.9 Å². The van der Waals surface area contributed by atoms with Crippen LogP contribution in [0.25, 0.3) is 0 Å². The molecule has 0 bridgehead atoms. The number of nitrogens with one attached hydrogen (secondary N) is 1. The normalized spacial score (nSPS) is 15.9. The second-order valence-electron chi connectivity index (χ2n) is 6.61. The second kappa shape index (κ2) is 9.42. The number of carbonyl (C=O) groups excluding carboxylic acids is 1. The van der Waals surface area contributed by atoms with Crippen LogP contribution in [0.1, 0.15) is 45.4 Å². The largest absolute Gasteiger partial charge is 0.354 e. The summed E-state index contributed by atoms with van der Waals surface area (Å²) in [6, 6.07) is 5.76. The zero-order valence-electron chi connectivity index (χ0n) is 15.4. The van der Waals surface area contributed by atoms with E-state index >= 15 is 0 Å². The minimum atomic E-state index is -3.63. The minimum absolute atomic E-state index is 0.283. The van der Waals surface area contributed by atoms with Crippen molar-refractivity contribution in [3.63, 3.8) is 0 Å². The van der Waals surface area contributed by atoms with Crippen molar-refractivity contribution >= 4 is 33.2 Å². The number of allylic oxidation sites excluding steroid dienone is 1. The molecule has 0 spiro atoms. The zero-order chi connectivity index (χ0) is 19.2. The summed E-state index contributed by atoms with van der Waals surface area (Å²) in [4.78, 5) is 12.7. The fraction of sp³-hybridized carbons (Fsp3) is 0.526. The molecule has 1 aromatic rings. The van der Waals surface area contributed by atoms with Crippen molar-refractivity contribution in [1.29, 1.82) is 0 Å². The van der Waals surface area contributed by atoms with Crippen LogP contribution >= 0.6 is 11.6 Å². The van der Waals surface area contributed by atoms with Gasteiger partial charge in [0.25, 0.3) is 0 Å². The molecule has 144 valence electrons. The summed E-state index contributed by atoms with van der Waals surface area (Å²) < 4.78 is 25.9. The molecule has 0 fully saturated rings. The van der Waals surface area contributed by atoms with Gasteiger partial charge >= 0.3 is 0 Å². The molecule has 2 rings (SSSR count). The van der Waals surface area contributed by atoms with Gasteiger partial charge in [-0.05, 0) is 56.7 Å². The van der Waals surface area contributed by atoms with Gasteiger partial charge in [-0.3, -0.25) is 9.10 Å². The van der Waals surface area contributed by atoms with Gasteiger partial charge in [0.05, 0.1) is 11.9 Å². The Labute approximate surface area is 161 Å². The molecule has 0 aliphatic heterocycles. The first kappa shape index (κ1) is 20.8. The number of anilines is 1. The third-order valence-corrected chi connectivity index (χ3v) is 5.94. The number of rotatable bonds is 8. The summed E-state index contributed by atoms with van der Waals surface area (Å²) in [7, 11) is -3.63. The van der Waals surface area contributed by atoms with Gasteiger partial charge in [0.1, 0.15) is 6.04 Å². The van der Waals surface area contributed by atoms with Crippen LogP contribution in [0.15, 0.2) is 35.9 Å². The smallest absolute Gasteiger partial charge is 0.243 e. The van der Waals surface area contributed by atoms with Gasteiger partial charge in [-0.1, -0.05) is 36.2 Å². The average Bonchev–Trinajstić information content (AvgIpc) is 2.59. The molecular formula is C19H27ClN2O3S. The molecule has 0 unspecified atom stereocenters. The van der Waals surface area contributed by atoms with Crippen molar-refractivity contribution in [2.75, 3.05) is 17.1 Å². The fourth-order valence-corrected chi connectivity index (χ4v) is 4.66. The third kappa shape index (κ3) is 5.74. The molecule has 0 heterocycles. The van der Waals surface area contributed by atoms with E-state index in [0.717, 1.165) is 29.8 Å². The fourth-order valence-electron chi connectivity index (χ4n) is 3.27. The summed E-state index contributed by atoms with van der Waals surface area (Å²) in [6.07, 6.45) is 9.18. The maximum Gasteiger partial charge on any atom is 0.243 e. The standard InChI is InChI=1S/C19H27ClN2O3S/c1-3-18(19(23)21-13-12-15-8-5-4-6-9-15)22(26(2,24)25)17-11-7-10-16(20)14-17/h7-8,10-11,14,18H,3-6,9,12-13H2,1-2H3,(H,21,23)/t18-/m1/s1. The van der Waals surface area contributed by atoms with Crippen molar-refractivity contribution in [2.24, 2.45) is 0 Å². The lowest BCUT2D eigenvalue weighted by atomic mass is 9.97. The van der Waals surface area contributed by atoms with Crippen LogP contribution in [0.3, 0.4) is 0 Å². The first-order chi connectivity index (χ1) is 12.3. The Morgan fingerprint density at radius 1 is 1.35 bits per heavy atom. The number of benzene rings is 1. The molecule has 1 amide bonds. The monoisotopic (exact) mass is 398 g/mol. The summed E-state index contributed by atoms with van der Waals surface area (Å²) in [6.45, 7) is 2.32. The molecule has 1 aliphatic rings. The molecule has 1 aromatic carbocycles. The number of hydrogen-bond acceptors (Lipinski definition) is 3. The van der Waals surface area contributed by atoms with Gasteiger partial charge in [0.15, 0.2) is 0 Å². The SMILES string of the molecule is CC[C@H](C(=O)NCCC1=CCCCC1)N(c1cccc(Cl)c1)S(C)(=O)=O. The highest BCUT2D eigenvalue weighted by atomic mass is 35.5. The van der Waals surface area contributed by atoms with Gasteiger partial charge < -0.3 is 5.32 Å². The summed E-state index contributed by atoms with van der Waals surface area (Å²) >= 11 is 6.01. The number of amides is 1. The van der Waals surface area contributed by atoms with Crippen LogP contribution in [0.5, 0.6) is 0 Å². The number of sulfonamides is 1. The lowest BCUT2D eigenvalue weighted by Gasteiger charge is -2.30. The van der Waals surface area contributed by atoms with Crippen molar-refractivity contribution < 1.29 is 13.2 Å². The molecule has 0 aromatic heterocycles. The maximum atomic E-state index is 12.7. The first-order valence-corrected chi connectivity index (χ1v) is 11.3. The second-order valence-corrected chi connectivity index (χ2v) is 8.91. The molecule has 1 N–H and O–H groups in total. The molecule has 0 radical (unpaired) electrons. The van der Waals surface area contributed by atoms with E-state index in [0.29, 0.717) is 23.7 Å². The van der Waals surface area contributed by atoms with Gasteiger partial charge in [-0.15, -0.1) is 0 Å². The molecule has 0 saturated heterocycles. The summed E-state index contributed by atoms with van der Waals surface area (Å²) in [5.41, 5.74) is 1.77. The number of hydrogen-bond donors (Lipinski definition) is 1. The van der Waals surface area contributed by atoms with Gasteiger partial charge in [-0.2, -0.15) is 0 Å². The zero-order valence-corrected chi connectivity index (χ0v) is 16.9. The van der Waals surface area contributed by atoms with Crippen molar-refractivity contribution in [1.82, 2.24) is 5.32 Å². The predicted octanol–water partition coefficient (Wildman–Crippen LogP) is 3.89. The first-order valence-electron chi connectivity index (χ1n) is 9.03. The highest BCUT2D eigenvalue weighted by molar-refractivity contribution is 7.92. The van der Waals surface area contributed by atoms with E-state index in [4.69, 9.17) is 11.6 Å². The number of nitrogens with zero attached hydrogens (tertiary/aromatic N) is 1. The average molecular weight is 399 g/mol. The molecular weight excluding hydrogens is 372 g/mol. The van der Waals surface area contributed by atoms with Crippen molar-refractivity contribution in [3.8, 4) is 0 Å². The Hall–Kier alpha value is -1.53.